The van der Waals surface area contributed by atoms with E-state index in [1.54, 1.807) is 42.6 Å². The van der Waals surface area contributed by atoms with E-state index in [0.29, 0.717) is 28.6 Å². The predicted molar refractivity (Wildman–Crippen MR) is 88.4 cm³/mol. The normalized spacial score (nSPS) is 11.5. The minimum atomic E-state index is -4.08. The summed E-state index contributed by atoms with van der Waals surface area (Å²) in [6, 6.07) is 11.8. The van der Waals surface area contributed by atoms with Gasteiger partial charge in [-0.15, -0.1) is 0 Å². The van der Waals surface area contributed by atoms with E-state index < -0.39 is 7.60 Å². The molecule has 7 nitrogen and oxygen atoms in total. The first-order valence-corrected chi connectivity index (χ1v) is 8.85. The summed E-state index contributed by atoms with van der Waals surface area (Å²) >= 11 is 0. The van der Waals surface area contributed by atoms with Crippen molar-refractivity contribution in [3.8, 4) is 17.4 Å². The molecule has 2 aromatic heterocycles. The van der Waals surface area contributed by atoms with Gasteiger partial charge in [-0.25, -0.2) is 4.98 Å². The maximum Gasteiger partial charge on any atom is 0.329 e. The van der Waals surface area contributed by atoms with Crippen LogP contribution in [0, 0.1) is 0 Å². The molecule has 0 atom stereocenters. The molecule has 0 amide bonds. The second-order valence-corrected chi connectivity index (χ2v) is 6.75. The van der Waals surface area contributed by atoms with Crippen LogP contribution in [-0.4, -0.2) is 26.9 Å². The molecule has 0 aliphatic heterocycles. The van der Waals surface area contributed by atoms with Crippen molar-refractivity contribution in [2.45, 2.75) is 6.16 Å². The summed E-state index contributed by atoms with van der Waals surface area (Å²) in [5.74, 6) is 1.60. The van der Waals surface area contributed by atoms with Gasteiger partial charge in [0.1, 0.15) is 11.5 Å². The lowest BCUT2D eigenvalue weighted by Gasteiger charge is -2.10. The fourth-order valence-electron chi connectivity index (χ4n) is 2.22. The van der Waals surface area contributed by atoms with E-state index in [4.69, 9.17) is 19.3 Å². The molecule has 24 heavy (non-hydrogen) atoms. The Morgan fingerprint density at radius 3 is 2.50 bits per heavy atom. The molecule has 0 bridgehead atoms. The summed E-state index contributed by atoms with van der Waals surface area (Å²) in [6.07, 6.45) is 1.29. The molecule has 3 rings (SSSR count). The average molecular weight is 346 g/mol. The van der Waals surface area contributed by atoms with Crippen molar-refractivity contribution in [3.63, 3.8) is 0 Å². The van der Waals surface area contributed by atoms with Crippen LogP contribution in [0.2, 0.25) is 0 Å². The van der Waals surface area contributed by atoms with Crippen molar-refractivity contribution in [1.82, 2.24) is 9.97 Å². The monoisotopic (exact) mass is 346 g/mol. The van der Waals surface area contributed by atoms with Gasteiger partial charge in [0, 0.05) is 12.3 Å². The maximum atomic E-state index is 11.0. The number of pyridine rings is 2. The minimum Gasteiger partial charge on any atom is -0.481 e. The second-order valence-electron chi connectivity index (χ2n) is 5.10. The Kier molecular flexibility index (Phi) is 4.49. The number of ether oxygens (including phenoxy) is 2. The van der Waals surface area contributed by atoms with Crippen molar-refractivity contribution in [1.29, 1.82) is 0 Å². The van der Waals surface area contributed by atoms with Crippen LogP contribution >= 0.6 is 7.60 Å². The van der Waals surface area contributed by atoms with Crippen LogP contribution in [0.15, 0.2) is 48.7 Å². The zero-order valence-corrected chi connectivity index (χ0v) is 13.7. The van der Waals surface area contributed by atoms with Crippen molar-refractivity contribution in [2.75, 3.05) is 7.11 Å². The molecule has 0 saturated heterocycles. The Morgan fingerprint density at radius 2 is 1.83 bits per heavy atom. The van der Waals surface area contributed by atoms with Crippen LogP contribution < -0.4 is 9.47 Å². The van der Waals surface area contributed by atoms with Gasteiger partial charge in [0.2, 0.25) is 5.88 Å². The summed E-state index contributed by atoms with van der Waals surface area (Å²) < 4.78 is 21.9. The van der Waals surface area contributed by atoms with E-state index in [9.17, 15) is 4.57 Å². The average Bonchev–Trinajstić information content (AvgIpc) is 2.55. The molecule has 0 spiro atoms. The van der Waals surface area contributed by atoms with Crippen molar-refractivity contribution < 1.29 is 23.8 Å². The van der Waals surface area contributed by atoms with E-state index in [0.717, 1.165) is 5.39 Å². The number of hydrogen-bond donors (Lipinski definition) is 2. The first-order chi connectivity index (χ1) is 11.4. The maximum absolute atomic E-state index is 11.0. The van der Waals surface area contributed by atoms with E-state index in [-0.39, 0.29) is 6.16 Å². The lowest BCUT2D eigenvalue weighted by molar-refractivity contribution is 0.371. The third kappa shape index (κ3) is 3.89. The number of aromatic nitrogens is 2. The summed E-state index contributed by atoms with van der Waals surface area (Å²) in [4.78, 5) is 26.4. The zero-order chi connectivity index (χ0) is 17.2. The summed E-state index contributed by atoms with van der Waals surface area (Å²) in [6.45, 7) is 0. The van der Waals surface area contributed by atoms with E-state index in [1.165, 1.54) is 7.11 Å². The second kappa shape index (κ2) is 6.57. The lowest BCUT2D eigenvalue weighted by Crippen LogP contribution is -1.93. The number of nitrogens with zero attached hydrogens (tertiary/aromatic N) is 2. The highest BCUT2D eigenvalue weighted by Crippen LogP contribution is 2.39. The molecule has 124 valence electrons. The Labute approximate surface area is 138 Å². The number of benzene rings is 1. The molecule has 8 heteroatoms. The van der Waals surface area contributed by atoms with Crippen LogP contribution in [0.5, 0.6) is 17.4 Å². The molecule has 0 aliphatic carbocycles. The van der Waals surface area contributed by atoms with Crippen LogP contribution in [0.25, 0.3) is 11.0 Å². The number of methoxy groups -OCH3 is 1. The first-order valence-electron chi connectivity index (χ1n) is 7.06. The molecule has 2 N–H and O–H groups in total. The molecule has 2 heterocycles. The third-order valence-corrected chi connectivity index (χ3v) is 4.06. The van der Waals surface area contributed by atoms with Gasteiger partial charge >= 0.3 is 7.60 Å². The van der Waals surface area contributed by atoms with Gasteiger partial charge in [-0.05, 0) is 29.8 Å². The van der Waals surface area contributed by atoms with Crippen LogP contribution in [0.1, 0.15) is 5.56 Å². The molecule has 0 radical (unpaired) electrons. The van der Waals surface area contributed by atoms with Crippen molar-refractivity contribution >= 4 is 18.6 Å². The molecular weight excluding hydrogens is 331 g/mol. The van der Waals surface area contributed by atoms with Crippen LogP contribution in [0.4, 0.5) is 0 Å². The Hall–Kier alpha value is -2.47. The summed E-state index contributed by atoms with van der Waals surface area (Å²) in [5, 5.41) is 0.734. The fraction of sp³-hybridized carbons (Fsp3) is 0.125. The quantitative estimate of drug-likeness (QED) is 0.684. The zero-order valence-electron chi connectivity index (χ0n) is 12.8. The Balaban J connectivity index is 1.86. The lowest BCUT2D eigenvalue weighted by atomic mass is 10.2. The molecule has 1 aromatic carbocycles. The number of hydrogen-bond acceptors (Lipinski definition) is 5. The van der Waals surface area contributed by atoms with Gasteiger partial charge in [-0.3, -0.25) is 4.57 Å². The molecule has 0 fully saturated rings. The highest BCUT2D eigenvalue weighted by atomic mass is 31.2. The minimum absolute atomic E-state index is 0.296. The van der Waals surface area contributed by atoms with Crippen LogP contribution in [0.3, 0.4) is 0 Å². The summed E-state index contributed by atoms with van der Waals surface area (Å²) in [7, 11) is -2.54. The smallest absolute Gasteiger partial charge is 0.329 e. The van der Waals surface area contributed by atoms with E-state index in [2.05, 4.69) is 9.97 Å². The van der Waals surface area contributed by atoms with Gasteiger partial charge in [-0.2, -0.15) is 4.98 Å². The standard InChI is InChI=1S/C16H15N2O5P/c1-22-15-7-6-13-14(8-9-17-16(13)18-15)23-12-4-2-11(3-5-12)10-24(19,20)21/h2-9H,10H2,1H3,(H2,19,20,21). The third-order valence-electron chi connectivity index (χ3n) is 3.29. The molecule has 0 aliphatic rings. The van der Waals surface area contributed by atoms with E-state index >= 15 is 0 Å². The first kappa shape index (κ1) is 16.4. The fourth-order valence-corrected chi connectivity index (χ4v) is 2.90. The number of rotatable bonds is 5. The van der Waals surface area contributed by atoms with Gasteiger partial charge in [0.25, 0.3) is 0 Å². The van der Waals surface area contributed by atoms with Gasteiger partial charge < -0.3 is 19.3 Å². The molecule has 3 aromatic rings. The van der Waals surface area contributed by atoms with Gasteiger partial charge in [0.15, 0.2) is 5.65 Å². The topological polar surface area (TPSA) is 102 Å². The molecular formula is C16H15N2O5P. The Morgan fingerprint density at radius 1 is 1.08 bits per heavy atom. The van der Waals surface area contributed by atoms with Crippen molar-refractivity contribution in [2.24, 2.45) is 0 Å². The van der Waals surface area contributed by atoms with E-state index in [1.807, 2.05) is 6.07 Å². The van der Waals surface area contributed by atoms with Crippen molar-refractivity contribution in [3.05, 3.63) is 54.2 Å². The van der Waals surface area contributed by atoms with Gasteiger partial charge in [-0.1, -0.05) is 12.1 Å². The largest absolute Gasteiger partial charge is 0.481 e. The SMILES string of the molecule is COc1ccc2c(Oc3ccc(CP(=O)(O)O)cc3)ccnc2n1. The number of fused-ring (bicyclic) bond motifs is 1. The Bertz CT molecular complexity index is 908. The highest BCUT2D eigenvalue weighted by Gasteiger charge is 2.14. The summed E-state index contributed by atoms with van der Waals surface area (Å²) in [5.41, 5.74) is 1.05. The molecule has 0 unspecified atom stereocenters. The highest BCUT2D eigenvalue weighted by molar-refractivity contribution is 7.50. The molecule has 0 saturated carbocycles. The predicted octanol–water partition coefficient (Wildman–Crippen LogP) is 3.11. The van der Waals surface area contributed by atoms with Gasteiger partial charge in [0.05, 0.1) is 18.7 Å². The van der Waals surface area contributed by atoms with Crippen LogP contribution in [-0.2, 0) is 10.7 Å².